The first kappa shape index (κ1) is 29.9. The van der Waals surface area contributed by atoms with Crippen LogP contribution < -0.4 is 0 Å². The summed E-state index contributed by atoms with van der Waals surface area (Å²) in [7, 11) is 3.44. The second-order valence-corrected chi connectivity index (χ2v) is 9.73. The van der Waals surface area contributed by atoms with Crippen LogP contribution in [-0.4, -0.2) is 46.7 Å². The van der Waals surface area contributed by atoms with Gasteiger partial charge in [-0.15, -0.1) is 0 Å². The maximum absolute atomic E-state index is 11.8. The van der Waals surface area contributed by atoms with Gasteiger partial charge in [-0.25, -0.2) is 0 Å². The van der Waals surface area contributed by atoms with Crippen molar-refractivity contribution in [3.05, 3.63) is 0 Å². The smallest absolute Gasteiger partial charge is 0.324 e. The highest BCUT2D eigenvalue weighted by molar-refractivity contribution is 5.80. The van der Waals surface area contributed by atoms with Crippen LogP contribution in [0.25, 0.3) is 0 Å². The van der Waals surface area contributed by atoms with E-state index in [9.17, 15) is 19.8 Å². The normalized spacial score (nSPS) is 14.5. The van der Waals surface area contributed by atoms with Gasteiger partial charge < -0.3 is 10.2 Å². The molecule has 0 aromatic carbocycles. The molecule has 5 heteroatoms. The minimum Gasteiger partial charge on any atom is -0.481 e. The molecule has 0 spiro atoms. The second kappa shape index (κ2) is 18.5. The fourth-order valence-electron chi connectivity index (χ4n) is 4.46. The molecule has 2 N–H and O–H groups in total. The quantitative estimate of drug-likeness (QED) is 0.175. The fourth-order valence-corrected chi connectivity index (χ4v) is 4.46. The maximum atomic E-state index is 11.8. The summed E-state index contributed by atoms with van der Waals surface area (Å²) < 4.78 is 0. The third-order valence-electron chi connectivity index (χ3n) is 6.98. The third kappa shape index (κ3) is 13.8. The Balaban J connectivity index is 3.81. The van der Waals surface area contributed by atoms with Crippen molar-refractivity contribution >= 4 is 11.9 Å². The minimum absolute atomic E-state index is 0.0975. The highest BCUT2D eigenvalue weighted by atomic mass is 16.4. The van der Waals surface area contributed by atoms with Crippen LogP contribution in [0.1, 0.15) is 129 Å². The summed E-state index contributed by atoms with van der Waals surface area (Å²) in [5.74, 6) is -2.25. The van der Waals surface area contributed by atoms with Crippen molar-refractivity contribution in [1.29, 1.82) is 0 Å². The molecule has 5 nitrogen and oxygen atoms in total. The van der Waals surface area contributed by atoms with Crippen LogP contribution in [0.3, 0.4) is 0 Å². The van der Waals surface area contributed by atoms with Crippen LogP contribution in [0.4, 0.5) is 0 Å². The van der Waals surface area contributed by atoms with Crippen LogP contribution in [0.15, 0.2) is 0 Å². The molecule has 184 valence electrons. The molecule has 0 bridgehead atoms. The summed E-state index contributed by atoms with van der Waals surface area (Å²) >= 11 is 0. The Hall–Kier alpha value is -1.10. The molecule has 0 saturated heterocycles. The molecule has 0 fully saturated rings. The van der Waals surface area contributed by atoms with E-state index in [0.717, 1.165) is 19.3 Å². The monoisotopic (exact) mass is 441 g/mol. The summed E-state index contributed by atoms with van der Waals surface area (Å²) in [5.41, 5.74) is -1.14. The lowest BCUT2D eigenvalue weighted by Crippen LogP contribution is -2.54. The zero-order chi connectivity index (χ0) is 23.5. The van der Waals surface area contributed by atoms with E-state index in [2.05, 4.69) is 6.92 Å². The molecular weight excluding hydrogens is 390 g/mol. The third-order valence-corrected chi connectivity index (χ3v) is 6.98. The van der Waals surface area contributed by atoms with Crippen LogP contribution in [0, 0.1) is 5.92 Å². The number of hydrogen-bond donors (Lipinski definition) is 2. The number of carbonyl (C=O) groups is 2. The lowest BCUT2D eigenvalue weighted by molar-refractivity contribution is -0.154. The minimum atomic E-state index is -1.14. The molecule has 1 unspecified atom stereocenters. The summed E-state index contributed by atoms with van der Waals surface area (Å²) in [6.07, 6.45) is 21.3. The molecular formula is C26H51NO4. The molecule has 0 aromatic heterocycles. The van der Waals surface area contributed by atoms with Gasteiger partial charge in [-0.05, 0) is 33.4 Å². The highest BCUT2D eigenvalue weighted by Gasteiger charge is 2.44. The highest BCUT2D eigenvalue weighted by Crippen LogP contribution is 2.31. The van der Waals surface area contributed by atoms with E-state index in [1.54, 1.807) is 25.9 Å². The largest absolute Gasteiger partial charge is 0.481 e. The molecule has 2 atom stereocenters. The maximum Gasteiger partial charge on any atom is 0.324 e. The fraction of sp³-hybridized carbons (Fsp3) is 0.923. The predicted octanol–water partition coefficient (Wildman–Crippen LogP) is 7.13. The number of aliphatic carboxylic acids is 2. The molecule has 0 radical (unpaired) electrons. The summed E-state index contributed by atoms with van der Waals surface area (Å²) in [6, 6.07) is 0. The van der Waals surface area contributed by atoms with E-state index in [1.165, 1.54) is 83.5 Å². The van der Waals surface area contributed by atoms with Gasteiger partial charge in [0.25, 0.3) is 0 Å². The predicted molar refractivity (Wildman–Crippen MR) is 130 cm³/mol. The van der Waals surface area contributed by atoms with Crippen molar-refractivity contribution in [3.63, 3.8) is 0 Å². The number of carboxylic acid groups (broad SMARTS) is 2. The number of carboxylic acids is 2. The molecule has 0 heterocycles. The Morgan fingerprint density at radius 1 is 0.710 bits per heavy atom. The van der Waals surface area contributed by atoms with Crippen LogP contribution in [0.2, 0.25) is 0 Å². The first-order valence-electron chi connectivity index (χ1n) is 12.9. The van der Waals surface area contributed by atoms with Gasteiger partial charge in [0.15, 0.2) is 0 Å². The summed E-state index contributed by atoms with van der Waals surface area (Å²) in [5, 5.41) is 18.9. The average Bonchev–Trinajstić information content (AvgIpc) is 2.71. The zero-order valence-electron chi connectivity index (χ0n) is 21.0. The molecule has 31 heavy (non-hydrogen) atoms. The molecule has 0 saturated carbocycles. The van der Waals surface area contributed by atoms with E-state index >= 15 is 0 Å². The van der Waals surface area contributed by atoms with Crippen molar-refractivity contribution in [2.45, 2.75) is 135 Å². The van der Waals surface area contributed by atoms with E-state index in [-0.39, 0.29) is 12.3 Å². The van der Waals surface area contributed by atoms with Gasteiger partial charge in [0.1, 0.15) is 5.54 Å². The molecule has 0 aliphatic carbocycles. The first-order valence-corrected chi connectivity index (χ1v) is 12.9. The van der Waals surface area contributed by atoms with E-state index in [0.29, 0.717) is 6.42 Å². The van der Waals surface area contributed by atoms with Gasteiger partial charge in [-0.2, -0.15) is 0 Å². The van der Waals surface area contributed by atoms with E-state index < -0.39 is 17.5 Å². The van der Waals surface area contributed by atoms with E-state index in [4.69, 9.17) is 0 Å². The Bertz CT molecular complexity index is 466. The Morgan fingerprint density at radius 2 is 1.06 bits per heavy atom. The van der Waals surface area contributed by atoms with Crippen molar-refractivity contribution in [1.82, 2.24) is 4.90 Å². The van der Waals surface area contributed by atoms with Crippen LogP contribution >= 0.6 is 0 Å². The van der Waals surface area contributed by atoms with E-state index in [1.807, 2.05) is 0 Å². The number of nitrogens with zero attached hydrogens (tertiary/aromatic N) is 1. The Morgan fingerprint density at radius 3 is 1.35 bits per heavy atom. The molecule has 0 aliphatic rings. The van der Waals surface area contributed by atoms with Crippen molar-refractivity contribution < 1.29 is 19.8 Å². The first-order chi connectivity index (χ1) is 14.8. The van der Waals surface area contributed by atoms with Gasteiger partial charge in [0.05, 0.1) is 6.42 Å². The molecule has 0 amide bonds. The van der Waals surface area contributed by atoms with Crippen LogP contribution in [-0.2, 0) is 9.59 Å². The lowest BCUT2D eigenvalue weighted by Gasteiger charge is -2.39. The lowest BCUT2D eigenvalue weighted by atomic mass is 9.78. The van der Waals surface area contributed by atoms with Crippen molar-refractivity contribution in [2.75, 3.05) is 14.1 Å². The summed E-state index contributed by atoms with van der Waals surface area (Å²) in [6.45, 7) is 3.91. The Labute approximate surface area is 192 Å². The molecule has 0 rings (SSSR count). The summed E-state index contributed by atoms with van der Waals surface area (Å²) in [4.78, 5) is 24.7. The number of hydrogen-bond acceptors (Lipinski definition) is 3. The number of likely N-dealkylation sites (N-methyl/N-ethyl adjacent to an activating group) is 1. The standard InChI is InChI=1S/C26H51NO4/c1-5-6-7-8-9-10-11-12-13-14-15-16-17-18-19-20-21-23(22-24(28)29)26(2,25(30)31)27(3)4/h23H,5-22H2,1-4H3,(H,28,29)(H,30,31)/t23?,26-/m0/s1. The zero-order valence-corrected chi connectivity index (χ0v) is 21.0. The average molecular weight is 442 g/mol. The second-order valence-electron chi connectivity index (χ2n) is 9.73. The topological polar surface area (TPSA) is 77.8 Å². The SMILES string of the molecule is CCCCCCCCCCCCCCCCCCC(CC(=O)O)[C@@](C)(C(=O)O)N(C)C. The number of rotatable bonds is 22. The molecule has 0 aromatic rings. The van der Waals surface area contributed by atoms with Gasteiger partial charge in [-0.3, -0.25) is 14.5 Å². The Kier molecular flexibility index (Phi) is 17.8. The number of unbranched alkanes of at least 4 members (excludes halogenated alkanes) is 15. The molecule has 0 aliphatic heterocycles. The van der Waals surface area contributed by atoms with Gasteiger partial charge in [0.2, 0.25) is 0 Å². The van der Waals surface area contributed by atoms with Gasteiger partial charge in [-0.1, -0.05) is 110 Å². The van der Waals surface area contributed by atoms with Crippen molar-refractivity contribution in [2.24, 2.45) is 5.92 Å². The van der Waals surface area contributed by atoms with Crippen molar-refractivity contribution in [3.8, 4) is 0 Å². The van der Waals surface area contributed by atoms with Crippen LogP contribution in [0.5, 0.6) is 0 Å². The van der Waals surface area contributed by atoms with Gasteiger partial charge in [0, 0.05) is 0 Å². The van der Waals surface area contributed by atoms with Gasteiger partial charge >= 0.3 is 11.9 Å².